The van der Waals surface area contributed by atoms with Gasteiger partial charge in [-0.15, -0.1) is 0 Å². The molecule has 108 valence electrons. The van der Waals surface area contributed by atoms with Gasteiger partial charge in [-0.1, -0.05) is 26.0 Å². The molecule has 0 amide bonds. The second-order valence-electron chi connectivity index (χ2n) is 5.89. The Kier molecular flexibility index (Phi) is 4.94. The number of hydrogen-bond acceptors (Lipinski definition) is 3. The highest BCUT2D eigenvalue weighted by molar-refractivity contribution is 6.05. The number of hydrogen-bond donors (Lipinski definition) is 0. The van der Waals surface area contributed by atoms with E-state index in [1.807, 2.05) is 12.1 Å². The largest absolute Gasteiger partial charge is 0.497 e. The number of carbonyl (C=O) groups is 1. The second kappa shape index (κ2) is 6.69. The summed E-state index contributed by atoms with van der Waals surface area (Å²) in [6.07, 6.45) is 2.08. The van der Waals surface area contributed by atoms with Crippen molar-refractivity contribution < 1.29 is 9.53 Å². The zero-order chi connectivity index (χ0) is 14.5. The van der Waals surface area contributed by atoms with Crippen LogP contribution in [0.5, 0.6) is 5.75 Å². The zero-order valence-corrected chi connectivity index (χ0v) is 12.6. The maximum absolute atomic E-state index is 11.9. The van der Waals surface area contributed by atoms with Crippen LogP contribution in [-0.2, 0) is 4.79 Å². The number of Topliss-reactive ketones (excluding diaryl/α,β-unsaturated/α-hetero) is 1. The van der Waals surface area contributed by atoms with Gasteiger partial charge in [0.15, 0.2) is 0 Å². The molecule has 20 heavy (non-hydrogen) atoms. The molecule has 1 aromatic carbocycles. The van der Waals surface area contributed by atoms with E-state index >= 15 is 0 Å². The average molecular weight is 273 g/mol. The number of ketones is 1. The molecule has 0 unspecified atom stereocenters. The Balaban J connectivity index is 2.10. The van der Waals surface area contributed by atoms with E-state index in [-0.39, 0.29) is 5.92 Å². The molecule has 1 atom stereocenters. The van der Waals surface area contributed by atoms with Gasteiger partial charge in [-0.3, -0.25) is 9.79 Å². The predicted octanol–water partition coefficient (Wildman–Crippen LogP) is 3.63. The monoisotopic (exact) mass is 273 g/mol. The van der Waals surface area contributed by atoms with Gasteiger partial charge in [-0.05, 0) is 36.0 Å². The van der Waals surface area contributed by atoms with Crippen LogP contribution in [0.25, 0.3) is 0 Å². The van der Waals surface area contributed by atoms with Gasteiger partial charge >= 0.3 is 0 Å². The normalized spacial score (nSPS) is 21.5. The van der Waals surface area contributed by atoms with Crippen molar-refractivity contribution in [1.82, 2.24) is 0 Å². The Morgan fingerprint density at radius 2 is 1.95 bits per heavy atom. The Hall–Kier alpha value is -1.64. The van der Waals surface area contributed by atoms with Crippen molar-refractivity contribution in [2.75, 3.05) is 13.7 Å². The standard InChI is InChI=1S/C17H23NO2/c1-12(2)11-18-15-8-14(9-16(19)10-15)13-4-6-17(20-3)7-5-13/h4-7,12,14H,8-11H2,1-3H3/t14-/m0/s1. The molecule has 0 spiro atoms. The fourth-order valence-electron chi connectivity index (χ4n) is 2.55. The summed E-state index contributed by atoms with van der Waals surface area (Å²) in [6.45, 7) is 5.11. The molecule has 1 aliphatic carbocycles. The lowest BCUT2D eigenvalue weighted by Gasteiger charge is -2.23. The van der Waals surface area contributed by atoms with Gasteiger partial charge in [0, 0.05) is 25.1 Å². The Morgan fingerprint density at radius 3 is 2.55 bits per heavy atom. The molecule has 3 nitrogen and oxygen atoms in total. The highest BCUT2D eigenvalue weighted by Crippen LogP contribution is 2.30. The first-order valence-electron chi connectivity index (χ1n) is 7.26. The first-order valence-corrected chi connectivity index (χ1v) is 7.26. The Morgan fingerprint density at radius 1 is 1.25 bits per heavy atom. The number of methoxy groups -OCH3 is 1. The fourth-order valence-corrected chi connectivity index (χ4v) is 2.55. The van der Waals surface area contributed by atoms with Crippen LogP contribution in [0.3, 0.4) is 0 Å². The molecule has 0 N–H and O–H groups in total. The number of benzene rings is 1. The molecule has 0 saturated heterocycles. The van der Waals surface area contributed by atoms with Crippen molar-refractivity contribution in [2.45, 2.75) is 39.0 Å². The summed E-state index contributed by atoms with van der Waals surface area (Å²) in [5.74, 6) is 1.97. The molecule has 0 aliphatic heterocycles. The van der Waals surface area contributed by atoms with Gasteiger partial charge < -0.3 is 4.74 Å². The predicted molar refractivity (Wildman–Crippen MR) is 81.7 cm³/mol. The van der Waals surface area contributed by atoms with Gasteiger partial charge in [0.2, 0.25) is 0 Å². The quantitative estimate of drug-likeness (QED) is 0.840. The molecule has 1 saturated carbocycles. The summed E-state index contributed by atoms with van der Waals surface area (Å²) in [5.41, 5.74) is 2.27. The van der Waals surface area contributed by atoms with Crippen molar-refractivity contribution >= 4 is 11.5 Å². The first kappa shape index (κ1) is 14.8. The number of rotatable bonds is 4. The summed E-state index contributed by atoms with van der Waals surface area (Å²) in [4.78, 5) is 16.5. The van der Waals surface area contributed by atoms with Crippen LogP contribution in [0.2, 0.25) is 0 Å². The molecule has 0 radical (unpaired) electrons. The van der Waals surface area contributed by atoms with Gasteiger partial charge in [-0.2, -0.15) is 0 Å². The minimum atomic E-state index is 0.271. The molecule has 2 rings (SSSR count). The van der Waals surface area contributed by atoms with Gasteiger partial charge in [0.25, 0.3) is 0 Å². The van der Waals surface area contributed by atoms with Crippen LogP contribution in [0.1, 0.15) is 44.6 Å². The third kappa shape index (κ3) is 3.92. The van der Waals surface area contributed by atoms with Crippen LogP contribution < -0.4 is 4.74 Å². The van der Waals surface area contributed by atoms with Crippen LogP contribution in [-0.4, -0.2) is 25.1 Å². The summed E-state index contributed by atoms with van der Waals surface area (Å²) in [7, 11) is 1.66. The van der Waals surface area contributed by atoms with E-state index in [0.29, 0.717) is 24.5 Å². The van der Waals surface area contributed by atoms with Crippen LogP contribution in [0.15, 0.2) is 29.3 Å². The van der Waals surface area contributed by atoms with Gasteiger partial charge in [0.05, 0.1) is 7.11 Å². The number of nitrogens with zero attached hydrogens (tertiary/aromatic N) is 1. The van der Waals surface area contributed by atoms with E-state index in [4.69, 9.17) is 4.74 Å². The molecule has 3 heteroatoms. The number of aliphatic imine (C=N–C) groups is 1. The molecule has 1 aromatic rings. The van der Waals surface area contributed by atoms with E-state index < -0.39 is 0 Å². The highest BCUT2D eigenvalue weighted by atomic mass is 16.5. The summed E-state index contributed by atoms with van der Waals surface area (Å²) in [5, 5.41) is 0. The van der Waals surface area contributed by atoms with E-state index in [2.05, 4.69) is 31.0 Å². The minimum Gasteiger partial charge on any atom is -0.497 e. The van der Waals surface area contributed by atoms with Crippen molar-refractivity contribution in [3.63, 3.8) is 0 Å². The summed E-state index contributed by atoms with van der Waals surface area (Å²) >= 11 is 0. The zero-order valence-electron chi connectivity index (χ0n) is 12.6. The molecular weight excluding hydrogens is 250 g/mol. The summed E-state index contributed by atoms with van der Waals surface area (Å²) in [6, 6.07) is 8.03. The van der Waals surface area contributed by atoms with E-state index in [1.54, 1.807) is 7.11 Å². The second-order valence-corrected chi connectivity index (χ2v) is 5.89. The third-order valence-electron chi connectivity index (χ3n) is 3.62. The molecule has 1 fully saturated rings. The highest BCUT2D eigenvalue weighted by Gasteiger charge is 2.25. The molecule has 1 aliphatic rings. The van der Waals surface area contributed by atoms with Crippen LogP contribution in [0.4, 0.5) is 0 Å². The van der Waals surface area contributed by atoms with E-state index in [9.17, 15) is 4.79 Å². The van der Waals surface area contributed by atoms with E-state index in [1.165, 1.54) is 5.56 Å². The molecule has 0 heterocycles. The van der Waals surface area contributed by atoms with Crippen molar-refractivity contribution in [2.24, 2.45) is 10.9 Å². The lowest BCUT2D eigenvalue weighted by molar-refractivity contribution is -0.118. The van der Waals surface area contributed by atoms with Crippen LogP contribution >= 0.6 is 0 Å². The van der Waals surface area contributed by atoms with Crippen molar-refractivity contribution in [3.8, 4) is 5.75 Å². The Bertz CT molecular complexity index is 488. The van der Waals surface area contributed by atoms with Gasteiger partial charge in [-0.25, -0.2) is 0 Å². The molecule has 0 aromatic heterocycles. The smallest absolute Gasteiger partial charge is 0.139 e. The number of ether oxygens (including phenoxy) is 1. The Labute approximate surface area is 121 Å². The SMILES string of the molecule is COc1ccc([C@@H]2CC(=O)CC(=NCC(C)C)C2)cc1. The lowest BCUT2D eigenvalue weighted by atomic mass is 9.82. The minimum absolute atomic E-state index is 0.271. The van der Waals surface area contributed by atoms with Crippen molar-refractivity contribution in [3.05, 3.63) is 29.8 Å². The molecular formula is C17H23NO2. The molecule has 0 bridgehead atoms. The van der Waals surface area contributed by atoms with Gasteiger partial charge in [0.1, 0.15) is 11.5 Å². The van der Waals surface area contributed by atoms with Crippen LogP contribution in [0, 0.1) is 5.92 Å². The van der Waals surface area contributed by atoms with E-state index in [0.717, 1.165) is 24.4 Å². The topological polar surface area (TPSA) is 38.7 Å². The lowest BCUT2D eigenvalue weighted by Crippen LogP contribution is -2.22. The fraction of sp³-hybridized carbons (Fsp3) is 0.529. The van der Waals surface area contributed by atoms with Crippen molar-refractivity contribution in [1.29, 1.82) is 0 Å². The summed E-state index contributed by atoms with van der Waals surface area (Å²) < 4.78 is 5.17. The average Bonchev–Trinajstić information content (AvgIpc) is 2.44. The third-order valence-corrected chi connectivity index (χ3v) is 3.62. The maximum atomic E-state index is 11.9. The maximum Gasteiger partial charge on any atom is 0.139 e. The first-order chi connectivity index (χ1) is 9.58. The number of carbonyl (C=O) groups excluding carboxylic acids is 1.